The second-order valence-corrected chi connectivity index (χ2v) is 8.36. The van der Waals surface area contributed by atoms with Crippen LogP contribution in [0.15, 0.2) is 54.7 Å². The van der Waals surface area contributed by atoms with Crippen molar-refractivity contribution in [1.29, 1.82) is 0 Å². The van der Waals surface area contributed by atoms with Crippen LogP contribution in [0.1, 0.15) is 29.3 Å². The molecule has 0 amide bonds. The molecule has 0 fully saturated rings. The normalized spacial score (nSPS) is 16.2. The molecule has 0 bridgehead atoms. The number of fused-ring (bicyclic) bond motifs is 1. The molecule has 2 aromatic carbocycles. The first-order valence-electron chi connectivity index (χ1n) is 11.0. The monoisotopic (exact) mass is 435 g/mol. The number of benzene rings is 2. The Morgan fingerprint density at radius 3 is 2.19 bits per heavy atom. The summed E-state index contributed by atoms with van der Waals surface area (Å²) in [5.41, 5.74) is 4.76. The first-order chi connectivity index (χ1) is 15.5. The zero-order valence-corrected chi connectivity index (χ0v) is 19.7. The van der Waals surface area contributed by atoms with Crippen molar-refractivity contribution in [2.75, 3.05) is 46.9 Å². The third kappa shape index (κ3) is 4.28. The van der Waals surface area contributed by atoms with Crippen LogP contribution in [0.4, 0.5) is 5.69 Å². The Balaban J connectivity index is 1.80. The third-order valence-electron chi connectivity index (χ3n) is 6.22. The van der Waals surface area contributed by atoms with E-state index in [0.717, 1.165) is 48.9 Å². The molecule has 3 aromatic rings. The minimum atomic E-state index is -0.00293. The minimum Gasteiger partial charge on any atom is -0.496 e. The van der Waals surface area contributed by atoms with Crippen molar-refractivity contribution in [2.24, 2.45) is 0 Å². The van der Waals surface area contributed by atoms with E-state index in [4.69, 9.17) is 14.2 Å². The number of nitrogens with zero attached hydrogens (tertiary/aromatic N) is 3. The summed E-state index contributed by atoms with van der Waals surface area (Å²) < 4.78 is 19.6. The molecule has 6 nitrogen and oxygen atoms in total. The van der Waals surface area contributed by atoms with Gasteiger partial charge in [0, 0.05) is 63.4 Å². The Bertz CT molecular complexity index is 1020. The molecular weight excluding hydrogens is 402 g/mol. The van der Waals surface area contributed by atoms with Crippen LogP contribution in [-0.4, -0.2) is 51.4 Å². The largest absolute Gasteiger partial charge is 0.496 e. The Hall–Kier alpha value is -3.12. The number of aromatic nitrogens is 1. The number of hydrogen-bond donors (Lipinski definition) is 0. The average molecular weight is 436 g/mol. The van der Waals surface area contributed by atoms with E-state index in [0.29, 0.717) is 0 Å². The number of hydrogen-bond acceptors (Lipinski definition) is 5. The average Bonchev–Trinajstić information content (AvgIpc) is 3.20. The van der Waals surface area contributed by atoms with Crippen molar-refractivity contribution in [2.45, 2.75) is 25.6 Å². The van der Waals surface area contributed by atoms with Gasteiger partial charge in [-0.25, -0.2) is 0 Å². The number of ether oxygens (including phenoxy) is 3. The fraction of sp³-hybridized carbons (Fsp3) is 0.385. The van der Waals surface area contributed by atoms with Gasteiger partial charge < -0.3 is 23.7 Å². The number of aryl methyl sites for hydroxylation is 1. The van der Waals surface area contributed by atoms with Crippen molar-refractivity contribution in [3.8, 4) is 17.2 Å². The molecular formula is C26H33N3O3. The van der Waals surface area contributed by atoms with Crippen LogP contribution in [0, 0.1) is 0 Å². The molecule has 4 rings (SSSR count). The van der Waals surface area contributed by atoms with Gasteiger partial charge in [-0.2, -0.15) is 0 Å². The summed E-state index contributed by atoms with van der Waals surface area (Å²) in [6, 6.07) is 17.0. The highest BCUT2D eigenvalue weighted by Gasteiger charge is 2.32. The molecule has 1 atom stereocenters. The predicted octanol–water partition coefficient (Wildman–Crippen LogP) is 4.58. The van der Waals surface area contributed by atoms with Crippen LogP contribution < -0.4 is 19.1 Å². The molecule has 0 saturated heterocycles. The SMILES string of the molecule is COc1cc(OC)c(C2c3cccn3CCCN2Cc2ccc(N(C)C)cc2)c(OC)c1. The van der Waals surface area contributed by atoms with E-state index in [-0.39, 0.29) is 6.04 Å². The molecule has 0 spiro atoms. The summed E-state index contributed by atoms with van der Waals surface area (Å²) in [6.45, 7) is 2.80. The molecule has 0 aliphatic carbocycles. The second kappa shape index (κ2) is 9.57. The lowest BCUT2D eigenvalue weighted by Crippen LogP contribution is -2.30. The van der Waals surface area contributed by atoms with Crippen molar-refractivity contribution >= 4 is 5.69 Å². The van der Waals surface area contributed by atoms with Crippen molar-refractivity contribution in [3.05, 3.63) is 71.5 Å². The zero-order chi connectivity index (χ0) is 22.7. The van der Waals surface area contributed by atoms with Crippen LogP contribution in [0.25, 0.3) is 0 Å². The van der Waals surface area contributed by atoms with Crippen LogP contribution in [0.2, 0.25) is 0 Å². The van der Waals surface area contributed by atoms with Gasteiger partial charge in [-0.1, -0.05) is 12.1 Å². The minimum absolute atomic E-state index is 0.00293. The van der Waals surface area contributed by atoms with Gasteiger partial charge in [0.25, 0.3) is 0 Å². The van der Waals surface area contributed by atoms with Gasteiger partial charge in [-0.3, -0.25) is 4.90 Å². The lowest BCUT2D eigenvalue weighted by Gasteiger charge is -2.32. The maximum Gasteiger partial charge on any atom is 0.131 e. The standard InChI is InChI=1S/C26H33N3O3/c1-27(2)20-11-9-19(10-12-20)18-29-15-7-14-28-13-6-8-22(28)26(29)25-23(31-4)16-21(30-3)17-24(25)32-5/h6,8-13,16-17,26H,7,14-15,18H2,1-5H3. The third-order valence-corrected chi connectivity index (χ3v) is 6.22. The maximum absolute atomic E-state index is 5.86. The van der Waals surface area contributed by atoms with Gasteiger partial charge in [-0.05, 0) is 36.2 Å². The fourth-order valence-corrected chi connectivity index (χ4v) is 4.58. The smallest absolute Gasteiger partial charge is 0.131 e. The lowest BCUT2D eigenvalue weighted by molar-refractivity contribution is 0.211. The highest BCUT2D eigenvalue weighted by molar-refractivity contribution is 5.55. The highest BCUT2D eigenvalue weighted by atomic mass is 16.5. The topological polar surface area (TPSA) is 39.1 Å². The van der Waals surface area contributed by atoms with E-state index in [1.54, 1.807) is 21.3 Å². The Kier molecular flexibility index (Phi) is 6.61. The predicted molar refractivity (Wildman–Crippen MR) is 128 cm³/mol. The van der Waals surface area contributed by atoms with Gasteiger partial charge in [0.2, 0.25) is 0 Å². The van der Waals surface area contributed by atoms with Gasteiger partial charge in [0.05, 0.1) is 32.9 Å². The van der Waals surface area contributed by atoms with E-state index >= 15 is 0 Å². The van der Waals surface area contributed by atoms with E-state index in [1.165, 1.54) is 16.9 Å². The quantitative estimate of drug-likeness (QED) is 0.543. The van der Waals surface area contributed by atoms with Crippen molar-refractivity contribution in [1.82, 2.24) is 9.47 Å². The van der Waals surface area contributed by atoms with E-state index < -0.39 is 0 Å². The van der Waals surface area contributed by atoms with Gasteiger partial charge >= 0.3 is 0 Å². The van der Waals surface area contributed by atoms with Crippen LogP contribution >= 0.6 is 0 Å². The summed E-state index contributed by atoms with van der Waals surface area (Å²) >= 11 is 0. The van der Waals surface area contributed by atoms with Crippen LogP contribution in [0.5, 0.6) is 17.2 Å². The molecule has 32 heavy (non-hydrogen) atoms. The summed E-state index contributed by atoms with van der Waals surface area (Å²) in [6.07, 6.45) is 3.24. The van der Waals surface area contributed by atoms with E-state index in [1.807, 2.05) is 12.1 Å². The Labute approximate surface area is 190 Å². The molecule has 0 N–H and O–H groups in total. The first kappa shape index (κ1) is 22.1. The zero-order valence-electron chi connectivity index (χ0n) is 19.7. The fourth-order valence-electron chi connectivity index (χ4n) is 4.58. The van der Waals surface area contributed by atoms with Gasteiger partial charge in [-0.15, -0.1) is 0 Å². The Morgan fingerprint density at radius 2 is 1.59 bits per heavy atom. The maximum atomic E-state index is 5.86. The van der Waals surface area contributed by atoms with Gasteiger partial charge in [0.1, 0.15) is 17.2 Å². The number of anilines is 1. The lowest BCUT2D eigenvalue weighted by atomic mass is 9.98. The molecule has 170 valence electrons. The van der Waals surface area contributed by atoms with Crippen LogP contribution in [-0.2, 0) is 13.1 Å². The summed E-state index contributed by atoms with van der Waals surface area (Å²) in [4.78, 5) is 4.65. The van der Waals surface area contributed by atoms with Crippen molar-refractivity contribution in [3.63, 3.8) is 0 Å². The summed E-state index contributed by atoms with van der Waals surface area (Å²) in [5.74, 6) is 2.26. The molecule has 2 heterocycles. The van der Waals surface area contributed by atoms with Gasteiger partial charge in [0.15, 0.2) is 0 Å². The molecule has 1 unspecified atom stereocenters. The van der Waals surface area contributed by atoms with E-state index in [9.17, 15) is 0 Å². The first-order valence-corrected chi connectivity index (χ1v) is 11.0. The molecule has 1 aliphatic heterocycles. The number of methoxy groups -OCH3 is 3. The second-order valence-electron chi connectivity index (χ2n) is 8.36. The summed E-state index contributed by atoms with van der Waals surface area (Å²) in [7, 11) is 9.20. The highest BCUT2D eigenvalue weighted by Crippen LogP contribution is 2.44. The van der Waals surface area contributed by atoms with E-state index in [2.05, 4.69) is 71.1 Å². The van der Waals surface area contributed by atoms with Crippen molar-refractivity contribution < 1.29 is 14.2 Å². The molecule has 1 aromatic heterocycles. The van der Waals surface area contributed by atoms with Crippen LogP contribution in [0.3, 0.4) is 0 Å². The molecule has 0 saturated carbocycles. The number of rotatable bonds is 7. The molecule has 6 heteroatoms. The molecule has 0 radical (unpaired) electrons. The summed E-state index contributed by atoms with van der Waals surface area (Å²) in [5, 5.41) is 0. The Morgan fingerprint density at radius 1 is 0.906 bits per heavy atom. The molecule has 1 aliphatic rings.